The van der Waals surface area contributed by atoms with Crippen molar-refractivity contribution in [3.8, 4) is 23.0 Å². The maximum Gasteiger partial charge on any atom is 0.410 e. The van der Waals surface area contributed by atoms with Gasteiger partial charge in [0, 0.05) is 18.7 Å². The summed E-state index contributed by atoms with van der Waals surface area (Å²) in [5, 5.41) is 3.07. The minimum Gasteiger partial charge on any atom is -0.543 e. The minimum absolute atomic E-state index is 0.0173. The Labute approximate surface area is 321 Å². The molecule has 1 aliphatic rings. The van der Waals surface area contributed by atoms with Crippen LogP contribution in [0.5, 0.6) is 23.0 Å². The van der Waals surface area contributed by atoms with Crippen LogP contribution >= 0.6 is 0 Å². The first-order valence-corrected chi connectivity index (χ1v) is 21.5. The third-order valence-electron chi connectivity index (χ3n) is 10.4. The number of carbonyl (C=O) groups excluding carboxylic acids is 3. The van der Waals surface area contributed by atoms with Gasteiger partial charge in [-0.2, -0.15) is 0 Å². The van der Waals surface area contributed by atoms with Crippen LogP contribution in [-0.2, 0) is 16.1 Å². The first-order valence-electron chi connectivity index (χ1n) is 18.6. The van der Waals surface area contributed by atoms with Gasteiger partial charge in [0.1, 0.15) is 24.1 Å². The zero-order valence-corrected chi connectivity index (χ0v) is 34.7. The third kappa shape index (κ3) is 10.7. The lowest BCUT2D eigenvalue weighted by Gasteiger charge is -2.42. The fourth-order valence-electron chi connectivity index (χ4n) is 6.03. The van der Waals surface area contributed by atoms with Gasteiger partial charge in [-0.1, -0.05) is 58.0 Å². The maximum absolute atomic E-state index is 13.8. The molecule has 54 heavy (non-hydrogen) atoms. The van der Waals surface area contributed by atoms with E-state index in [1.54, 1.807) is 49.9 Å². The average molecular weight is 763 g/mol. The van der Waals surface area contributed by atoms with E-state index in [4.69, 9.17) is 28.1 Å². The van der Waals surface area contributed by atoms with Gasteiger partial charge in [0.05, 0.1) is 25.8 Å². The molecular formula is C42H58N2O9Si. The van der Waals surface area contributed by atoms with Crippen molar-refractivity contribution in [2.45, 2.75) is 104 Å². The molecule has 0 bridgehead atoms. The van der Waals surface area contributed by atoms with Gasteiger partial charge in [0.25, 0.3) is 14.2 Å². The number of hydrogen-bond donors (Lipinski definition) is 1. The predicted molar refractivity (Wildman–Crippen MR) is 211 cm³/mol. The largest absolute Gasteiger partial charge is 0.543 e. The van der Waals surface area contributed by atoms with Gasteiger partial charge in [-0.15, -0.1) is 0 Å². The van der Waals surface area contributed by atoms with E-state index >= 15 is 0 Å². The molecule has 3 aromatic carbocycles. The summed E-state index contributed by atoms with van der Waals surface area (Å²) in [7, 11) is 0.799. The van der Waals surface area contributed by atoms with Crippen LogP contribution in [0.25, 0.3) is 0 Å². The first kappa shape index (κ1) is 42.0. The van der Waals surface area contributed by atoms with Gasteiger partial charge in [-0.3, -0.25) is 4.79 Å². The van der Waals surface area contributed by atoms with E-state index in [0.29, 0.717) is 53.9 Å². The summed E-state index contributed by atoms with van der Waals surface area (Å²) >= 11 is 0. The highest BCUT2D eigenvalue weighted by atomic mass is 28.4. The van der Waals surface area contributed by atoms with Crippen molar-refractivity contribution >= 4 is 26.3 Å². The van der Waals surface area contributed by atoms with Gasteiger partial charge in [0.2, 0.25) is 5.75 Å². The lowest BCUT2D eigenvalue weighted by molar-refractivity contribution is 0.0126. The van der Waals surface area contributed by atoms with E-state index in [1.807, 2.05) is 42.5 Å². The normalized spacial score (nSPS) is 16.6. The van der Waals surface area contributed by atoms with Gasteiger partial charge in [-0.05, 0) is 99.6 Å². The van der Waals surface area contributed by atoms with Crippen LogP contribution in [0.3, 0.4) is 0 Å². The zero-order chi connectivity index (χ0) is 39.8. The Morgan fingerprint density at radius 3 is 2.06 bits per heavy atom. The fourth-order valence-corrected chi connectivity index (χ4v) is 8.40. The minimum atomic E-state index is -2.16. The number of ether oxygens (including phenoxy) is 5. The van der Waals surface area contributed by atoms with Crippen LogP contribution in [0.15, 0.2) is 66.7 Å². The summed E-state index contributed by atoms with van der Waals surface area (Å²) in [5.74, 6) is 1.06. The van der Waals surface area contributed by atoms with Crippen molar-refractivity contribution in [3.63, 3.8) is 0 Å². The molecule has 2 atom stereocenters. The van der Waals surface area contributed by atoms with Gasteiger partial charge < -0.3 is 38.3 Å². The van der Waals surface area contributed by atoms with E-state index in [-0.39, 0.29) is 29.7 Å². The van der Waals surface area contributed by atoms with Crippen LogP contribution in [0.1, 0.15) is 87.6 Å². The molecule has 0 saturated carbocycles. The molecule has 2 amide bonds. The molecule has 12 heteroatoms. The molecule has 0 radical (unpaired) electrons. The van der Waals surface area contributed by atoms with Crippen molar-refractivity contribution < 1.29 is 42.5 Å². The van der Waals surface area contributed by atoms with Crippen LogP contribution in [-0.4, -0.2) is 76.2 Å². The maximum atomic E-state index is 13.8. The number of carbonyl (C=O) groups is 3. The average Bonchev–Trinajstić information content (AvgIpc) is 3.31. The molecule has 1 N–H and O–H groups in total. The summed E-state index contributed by atoms with van der Waals surface area (Å²) in [4.78, 5) is 42.4. The second-order valence-corrected chi connectivity index (χ2v) is 20.6. The summed E-state index contributed by atoms with van der Waals surface area (Å²) in [5.41, 5.74) is 0.822. The van der Waals surface area contributed by atoms with Crippen molar-refractivity contribution in [2.75, 3.05) is 27.3 Å². The summed E-state index contributed by atoms with van der Waals surface area (Å²) in [6.07, 6.45) is -0.374. The monoisotopic (exact) mass is 762 g/mol. The van der Waals surface area contributed by atoms with E-state index in [1.165, 1.54) is 14.2 Å². The summed E-state index contributed by atoms with van der Waals surface area (Å²) in [6.45, 7) is 19.4. The molecule has 1 saturated heterocycles. The number of nitrogens with zero attached hydrogens (tertiary/aromatic N) is 1. The molecule has 1 fully saturated rings. The Balaban J connectivity index is 1.56. The van der Waals surface area contributed by atoms with Gasteiger partial charge in [0.15, 0.2) is 11.5 Å². The van der Waals surface area contributed by atoms with E-state index < -0.39 is 38.1 Å². The predicted octanol–water partition coefficient (Wildman–Crippen LogP) is 8.66. The molecule has 0 spiro atoms. The van der Waals surface area contributed by atoms with E-state index in [0.717, 1.165) is 5.56 Å². The highest BCUT2D eigenvalue weighted by molar-refractivity contribution is 6.75. The van der Waals surface area contributed by atoms with E-state index in [2.05, 4.69) is 46.1 Å². The highest BCUT2D eigenvalue weighted by Crippen LogP contribution is 2.45. The molecule has 4 rings (SSSR count). The molecule has 294 valence electrons. The van der Waals surface area contributed by atoms with Crippen molar-refractivity contribution in [1.29, 1.82) is 0 Å². The summed E-state index contributed by atoms with van der Waals surface area (Å²) in [6, 6.07) is 19.1. The van der Waals surface area contributed by atoms with Gasteiger partial charge in [-0.25, -0.2) is 9.59 Å². The van der Waals surface area contributed by atoms with E-state index in [9.17, 15) is 14.4 Å². The zero-order valence-electron chi connectivity index (χ0n) is 33.7. The smallest absolute Gasteiger partial charge is 0.410 e. The Hall–Kier alpha value is -4.71. The lowest BCUT2D eigenvalue weighted by Crippen LogP contribution is -2.51. The molecule has 1 heterocycles. The topological polar surface area (TPSA) is 122 Å². The first-order chi connectivity index (χ1) is 25.3. The van der Waals surface area contributed by atoms with Crippen molar-refractivity contribution in [1.82, 2.24) is 10.2 Å². The third-order valence-corrected chi connectivity index (χ3v) is 14.8. The standard InChI is InChI=1S/C42H58N2O9Si/c1-28(2)42(6,7)54(10,11)53-32-21-19-30(20-22-32)38(45)43-33-26-44(40(47)52-41(3,4)5)23-15-18-34(33)51-39(46)31-24-35(48-8)37(36(25-31)49-9)50-27-29-16-13-12-14-17-29/h12-14,16-17,19-22,24-25,28,33-34H,15,18,23,26-27H2,1-11H3,(H,43,45)/t33-,34-/m1/s1. The molecule has 3 aromatic rings. The molecule has 0 aliphatic carbocycles. The van der Waals surface area contributed by atoms with Gasteiger partial charge >= 0.3 is 12.1 Å². The van der Waals surface area contributed by atoms with Crippen molar-refractivity contribution in [2.24, 2.45) is 5.92 Å². The molecule has 1 aliphatic heterocycles. The number of methoxy groups -OCH3 is 2. The van der Waals surface area contributed by atoms with Crippen molar-refractivity contribution in [3.05, 3.63) is 83.4 Å². The highest BCUT2D eigenvalue weighted by Gasteiger charge is 2.45. The number of nitrogens with one attached hydrogen (secondary N) is 1. The number of likely N-dealkylation sites (tertiary alicyclic amines) is 1. The second-order valence-electron chi connectivity index (χ2n) is 16.1. The Morgan fingerprint density at radius 2 is 1.50 bits per heavy atom. The number of amides is 2. The second kappa shape index (κ2) is 17.6. The molecule has 0 aromatic heterocycles. The van der Waals surface area contributed by atoms with Crippen LogP contribution in [0, 0.1) is 5.92 Å². The number of hydrogen-bond acceptors (Lipinski definition) is 9. The van der Waals surface area contributed by atoms with Crippen LogP contribution in [0.4, 0.5) is 4.79 Å². The van der Waals surface area contributed by atoms with Crippen LogP contribution < -0.4 is 24.0 Å². The van der Waals surface area contributed by atoms with Crippen LogP contribution in [0.2, 0.25) is 18.1 Å². The quantitative estimate of drug-likeness (QED) is 0.135. The molecular weight excluding hydrogens is 705 g/mol. The summed E-state index contributed by atoms with van der Waals surface area (Å²) < 4.78 is 35.6. The molecule has 11 nitrogen and oxygen atoms in total. The Kier molecular flexibility index (Phi) is 13.7. The fraction of sp³-hybridized carbons (Fsp3) is 0.500. The number of benzene rings is 3. The number of esters is 1. The Morgan fingerprint density at radius 1 is 0.889 bits per heavy atom. The Bertz CT molecular complexity index is 1710. The lowest BCUT2D eigenvalue weighted by atomic mass is 9.99. The number of rotatable bonds is 13. The SMILES string of the molecule is COc1cc(C(=O)O[C@@H]2CCCN(C(=O)OC(C)(C)C)C[C@H]2NC(=O)c2ccc(O[Si](C)(C)C(C)(C)C(C)C)cc2)cc(OC)c1OCc1ccccc1. The molecule has 0 unspecified atom stereocenters.